The highest BCUT2D eigenvalue weighted by Gasteiger charge is 2.51. The van der Waals surface area contributed by atoms with Crippen LogP contribution < -0.4 is 5.56 Å². The van der Waals surface area contributed by atoms with E-state index in [-0.39, 0.29) is 17.4 Å². The van der Waals surface area contributed by atoms with Gasteiger partial charge in [0, 0.05) is 24.7 Å². The van der Waals surface area contributed by atoms with Gasteiger partial charge in [-0.2, -0.15) is 0 Å². The summed E-state index contributed by atoms with van der Waals surface area (Å²) in [5.41, 5.74) is -0.493. The van der Waals surface area contributed by atoms with E-state index in [0.29, 0.717) is 24.6 Å². The lowest BCUT2D eigenvalue weighted by Crippen LogP contribution is -2.48. The molecule has 5 nitrogen and oxygen atoms in total. The fourth-order valence-corrected chi connectivity index (χ4v) is 3.34. The Morgan fingerprint density at radius 1 is 1.45 bits per heavy atom. The summed E-state index contributed by atoms with van der Waals surface area (Å²) in [7, 11) is 0. The quantitative estimate of drug-likeness (QED) is 0.846. The molecular weight excluding hydrogens is 256 g/mol. The fourth-order valence-electron chi connectivity index (χ4n) is 3.34. The van der Waals surface area contributed by atoms with Crippen molar-refractivity contribution >= 4 is 5.91 Å². The largest absolute Gasteiger partial charge is 0.387 e. The van der Waals surface area contributed by atoms with Crippen molar-refractivity contribution in [3.63, 3.8) is 0 Å². The number of H-pyrrole nitrogens is 1. The molecule has 5 heteroatoms. The molecule has 2 aliphatic rings. The van der Waals surface area contributed by atoms with Crippen LogP contribution >= 0.6 is 0 Å². The molecule has 0 bridgehead atoms. The number of nitrogens with zero attached hydrogens (tertiary/aromatic N) is 1. The Morgan fingerprint density at radius 2 is 2.20 bits per heavy atom. The van der Waals surface area contributed by atoms with E-state index in [1.807, 2.05) is 6.92 Å². The van der Waals surface area contributed by atoms with Crippen molar-refractivity contribution in [3.05, 3.63) is 34.2 Å². The number of carbonyl (C=O) groups excluding carboxylic acids is 1. The lowest BCUT2D eigenvalue weighted by Gasteiger charge is -2.41. The summed E-state index contributed by atoms with van der Waals surface area (Å²) in [6.45, 7) is 2.99. The van der Waals surface area contributed by atoms with E-state index < -0.39 is 5.60 Å². The summed E-state index contributed by atoms with van der Waals surface area (Å²) in [4.78, 5) is 27.7. The Kier molecular flexibility index (Phi) is 3.17. The average Bonchev–Trinajstić information content (AvgIpc) is 2.64. The molecule has 1 amide bonds. The molecule has 1 aromatic heterocycles. The zero-order valence-corrected chi connectivity index (χ0v) is 11.6. The van der Waals surface area contributed by atoms with E-state index in [4.69, 9.17) is 0 Å². The Labute approximate surface area is 117 Å². The summed E-state index contributed by atoms with van der Waals surface area (Å²) in [6, 6.07) is 2.89. The maximum absolute atomic E-state index is 12.4. The van der Waals surface area contributed by atoms with Gasteiger partial charge in [0.1, 0.15) is 0 Å². The van der Waals surface area contributed by atoms with Gasteiger partial charge in [-0.25, -0.2) is 0 Å². The van der Waals surface area contributed by atoms with Gasteiger partial charge in [-0.3, -0.25) is 9.59 Å². The predicted molar refractivity (Wildman–Crippen MR) is 74.4 cm³/mol. The second-order valence-electron chi connectivity index (χ2n) is 6.15. The highest BCUT2D eigenvalue weighted by atomic mass is 16.3. The van der Waals surface area contributed by atoms with Gasteiger partial charge in [-0.15, -0.1) is 0 Å². The number of amides is 1. The normalized spacial score (nSPS) is 30.3. The third-order valence-electron chi connectivity index (χ3n) is 4.92. The number of aliphatic hydroxyl groups is 1. The van der Waals surface area contributed by atoms with E-state index in [1.54, 1.807) is 4.90 Å². The van der Waals surface area contributed by atoms with Crippen LogP contribution in [0.25, 0.3) is 0 Å². The average molecular weight is 276 g/mol. The number of aromatic nitrogens is 1. The fraction of sp³-hybridized carbons (Fsp3) is 0.600. The summed E-state index contributed by atoms with van der Waals surface area (Å²) < 4.78 is 0. The van der Waals surface area contributed by atoms with Crippen LogP contribution in [0.4, 0.5) is 0 Å². The van der Waals surface area contributed by atoms with Gasteiger partial charge >= 0.3 is 0 Å². The highest BCUT2D eigenvalue weighted by Crippen LogP contribution is 2.44. The molecule has 2 heterocycles. The monoisotopic (exact) mass is 276 g/mol. The van der Waals surface area contributed by atoms with Gasteiger partial charge in [0.15, 0.2) is 0 Å². The Balaban J connectivity index is 1.77. The molecule has 108 valence electrons. The van der Waals surface area contributed by atoms with Crippen molar-refractivity contribution in [3.8, 4) is 0 Å². The minimum absolute atomic E-state index is 0.0968. The standard InChI is InChI=1S/C15H20N2O3/c1-10-8-17(9-15(10,20)12-3-2-4-12)14(19)11-5-6-13(18)16-7-11/h5-7,10,12,20H,2-4,8-9H2,1H3,(H,16,18)/t10-,15+/m1/s1. The van der Waals surface area contributed by atoms with Gasteiger partial charge in [-0.1, -0.05) is 13.3 Å². The number of likely N-dealkylation sites (tertiary alicyclic amines) is 1. The van der Waals surface area contributed by atoms with E-state index in [0.717, 1.165) is 12.8 Å². The molecule has 0 unspecified atom stereocenters. The minimum atomic E-state index is -0.740. The Morgan fingerprint density at radius 3 is 2.75 bits per heavy atom. The lowest BCUT2D eigenvalue weighted by atomic mass is 9.69. The Bertz CT molecular complexity index is 558. The molecular formula is C15H20N2O3. The first kappa shape index (κ1) is 13.4. The number of rotatable bonds is 2. The van der Waals surface area contributed by atoms with E-state index in [2.05, 4.69) is 4.98 Å². The molecule has 2 fully saturated rings. The number of aromatic amines is 1. The van der Waals surface area contributed by atoms with E-state index in [9.17, 15) is 14.7 Å². The molecule has 0 radical (unpaired) electrons. The van der Waals surface area contributed by atoms with Gasteiger partial charge in [0.25, 0.3) is 5.91 Å². The molecule has 20 heavy (non-hydrogen) atoms. The summed E-state index contributed by atoms with van der Waals surface area (Å²) in [5.74, 6) is 0.300. The molecule has 0 spiro atoms. The first-order valence-electron chi connectivity index (χ1n) is 7.21. The number of nitrogens with one attached hydrogen (secondary N) is 1. The van der Waals surface area contributed by atoms with Crippen LogP contribution in [0.15, 0.2) is 23.1 Å². The molecule has 1 aliphatic carbocycles. The highest BCUT2D eigenvalue weighted by molar-refractivity contribution is 5.94. The summed E-state index contributed by atoms with van der Waals surface area (Å²) in [6.07, 6.45) is 4.73. The third kappa shape index (κ3) is 2.06. The molecule has 2 N–H and O–H groups in total. The van der Waals surface area contributed by atoms with Crippen LogP contribution in [0.2, 0.25) is 0 Å². The van der Waals surface area contributed by atoms with Crippen molar-refractivity contribution in [2.24, 2.45) is 11.8 Å². The smallest absolute Gasteiger partial charge is 0.255 e. The number of carbonyl (C=O) groups is 1. The lowest BCUT2D eigenvalue weighted by molar-refractivity contribution is -0.0660. The number of hydrogen-bond donors (Lipinski definition) is 2. The summed E-state index contributed by atoms with van der Waals surface area (Å²) in [5, 5.41) is 10.8. The molecule has 2 atom stereocenters. The van der Waals surface area contributed by atoms with Gasteiger partial charge in [0.2, 0.25) is 5.56 Å². The predicted octanol–water partition coefficient (Wildman–Crippen LogP) is 0.998. The van der Waals surface area contributed by atoms with Crippen molar-refractivity contribution < 1.29 is 9.90 Å². The first-order chi connectivity index (χ1) is 9.50. The van der Waals surface area contributed by atoms with Crippen molar-refractivity contribution in [1.82, 2.24) is 9.88 Å². The van der Waals surface area contributed by atoms with Crippen LogP contribution in [0, 0.1) is 11.8 Å². The van der Waals surface area contributed by atoms with Crippen molar-refractivity contribution in [2.45, 2.75) is 31.8 Å². The Hall–Kier alpha value is -1.62. The maximum atomic E-state index is 12.4. The van der Waals surface area contributed by atoms with Gasteiger partial charge in [0.05, 0.1) is 17.7 Å². The van der Waals surface area contributed by atoms with Crippen LogP contribution in [-0.2, 0) is 0 Å². The van der Waals surface area contributed by atoms with Crippen molar-refractivity contribution in [1.29, 1.82) is 0 Å². The van der Waals surface area contributed by atoms with E-state index >= 15 is 0 Å². The number of β-amino-alcohol motifs (C(OH)–C–C–N with tert-alkyl or cyclic N) is 1. The SMILES string of the molecule is C[C@@H]1CN(C(=O)c2ccc(=O)[nH]c2)C[C@@]1(O)C1CCC1. The van der Waals surface area contributed by atoms with Gasteiger partial charge < -0.3 is 15.0 Å². The summed E-state index contributed by atoms with van der Waals surface area (Å²) >= 11 is 0. The number of pyridine rings is 1. The topological polar surface area (TPSA) is 73.4 Å². The van der Waals surface area contributed by atoms with Gasteiger partial charge in [-0.05, 0) is 24.8 Å². The third-order valence-corrected chi connectivity index (χ3v) is 4.92. The second kappa shape index (κ2) is 4.74. The second-order valence-corrected chi connectivity index (χ2v) is 6.15. The maximum Gasteiger partial charge on any atom is 0.255 e. The molecule has 3 rings (SSSR count). The number of hydrogen-bond acceptors (Lipinski definition) is 3. The van der Waals surface area contributed by atoms with Crippen molar-refractivity contribution in [2.75, 3.05) is 13.1 Å². The van der Waals surface area contributed by atoms with E-state index in [1.165, 1.54) is 24.8 Å². The zero-order valence-electron chi connectivity index (χ0n) is 11.6. The van der Waals surface area contributed by atoms with Crippen LogP contribution in [0.5, 0.6) is 0 Å². The molecule has 1 saturated carbocycles. The molecule has 1 aliphatic heterocycles. The molecule has 1 aromatic rings. The minimum Gasteiger partial charge on any atom is -0.387 e. The van der Waals surface area contributed by atoms with Crippen LogP contribution in [0.3, 0.4) is 0 Å². The zero-order chi connectivity index (χ0) is 14.3. The van der Waals surface area contributed by atoms with Crippen LogP contribution in [-0.4, -0.2) is 39.6 Å². The first-order valence-corrected chi connectivity index (χ1v) is 7.21. The van der Waals surface area contributed by atoms with Crippen LogP contribution in [0.1, 0.15) is 36.5 Å². The molecule has 0 aromatic carbocycles. The molecule has 1 saturated heterocycles.